The Morgan fingerprint density at radius 1 is 1.15 bits per heavy atom. The number of hydrogen-bond donors (Lipinski definition) is 1. The van der Waals surface area contributed by atoms with Gasteiger partial charge in [0.2, 0.25) is 0 Å². The number of anilines is 1. The van der Waals surface area contributed by atoms with Crippen LogP contribution in [0.4, 0.5) is 5.69 Å². The van der Waals surface area contributed by atoms with Crippen molar-refractivity contribution in [3.05, 3.63) is 58.6 Å². The summed E-state index contributed by atoms with van der Waals surface area (Å²) in [6.07, 6.45) is -0.646. The van der Waals surface area contributed by atoms with Crippen molar-refractivity contribution in [1.82, 2.24) is 0 Å². The molecule has 0 aromatic heterocycles. The SMILES string of the molecule is C[C@H](Oc1ccccc1)C(=O)Nc1cc(Cl)ccc1Cl. The second-order valence-corrected chi connectivity index (χ2v) is 5.03. The molecule has 0 saturated carbocycles. The Morgan fingerprint density at radius 2 is 1.85 bits per heavy atom. The topological polar surface area (TPSA) is 38.3 Å². The number of nitrogens with one attached hydrogen (secondary N) is 1. The molecule has 0 heterocycles. The molecule has 1 atom stereocenters. The summed E-state index contributed by atoms with van der Waals surface area (Å²) in [5.41, 5.74) is 0.465. The van der Waals surface area contributed by atoms with Gasteiger partial charge >= 0.3 is 0 Å². The predicted octanol–water partition coefficient (Wildman–Crippen LogP) is 4.40. The molecule has 2 aromatic rings. The Hall–Kier alpha value is -1.71. The lowest BCUT2D eigenvalue weighted by molar-refractivity contribution is -0.122. The van der Waals surface area contributed by atoms with Gasteiger partial charge in [-0.25, -0.2) is 0 Å². The number of amides is 1. The zero-order valence-corrected chi connectivity index (χ0v) is 12.3. The number of hydrogen-bond acceptors (Lipinski definition) is 2. The Bertz CT molecular complexity index is 602. The summed E-state index contributed by atoms with van der Waals surface area (Å²) in [6, 6.07) is 14.0. The van der Waals surface area contributed by atoms with Crippen LogP contribution in [0.2, 0.25) is 10.0 Å². The van der Waals surface area contributed by atoms with Gasteiger partial charge in [0.1, 0.15) is 5.75 Å². The van der Waals surface area contributed by atoms with Gasteiger partial charge in [-0.05, 0) is 37.3 Å². The quantitative estimate of drug-likeness (QED) is 0.909. The lowest BCUT2D eigenvalue weighted by Gasteiger charge is -2.15. The van der Waals surface area contributed by atoms with Gasteiger partial charge in [0, 0.05) is 5.02 Å². The normalized spacial score (nSPS) is 11.8. The maximum Gasteiger partial charge on any atom is 0.265 e. The van der Waals surface area contributed by atoms with Gasteiger partial charge in [-0.3, -0.25) is 4.79 Å². The highest BCUT2D eigenvalue weighted by Crippen LogP contribution is 2.25. The third-order valence-electron chi connectivity index (χ3n) is 2.61. The van der Waals surface area contributed by atoms with Crippen molar-refractivity contribution in [3.8, 4) is 5.75 Å². The number of ether oxygens (including phenoxy) is 1. The molecule has 1 amide bonds. The molecule has 0 aliphatic heterocycles. The van der Waals surface area contributed by atoms with Gasteiger partial charge in [0.05, 0.1) is 10.7 Å². The van der Waals surface area contributed by atoms with Crippen LogP contribution in [0.25, 0.3) is 0 Å². The zero-order chi connectivity index (χ0) is 14.5. The van der Waals surface area contributed by atoms with E-state index in [0.29, 0.717) is 21.5 Å². The van der Waals surface area contributed by atoms with Gasteiger partial charge in [0.25, 0.3) is 5.91 Å². The highest BCUT2D eigenvalue weighted by atomic mass is 35.5. The van der Waals surface area contributed by atoms with Crippen LogP contribution in [0, 0.1) is 0 Å². The van der Waals surface area contributed by atoms with Crippen molar-refractivity contribution < 1.29 is 9.53 Å². The first-order valence-electron chi connectivity index (χ1n) is 6.04. The van der Waals surface area contributed by atoms with E-state index in [1.54, 1.807) is 37.3 Å². The number of carbonyl (C=O) groups is 1. The first-order valence-corrected chi connectivity index (χ1v) is 6.79. The maximum atomic E-state index is 12.0. The molecule has 0 fully saturated rings. The van der Waals surface area contributed by atoms with Gasteiger partial charge in [0.15, 0.2) is 6.10 Å². The second kappa shape index (κ2) is 6.64. The fourth-order valence-electron chi connectivity index (χ4n) is 1.58. The van der Waals surface area contributed by atoms with Crippen LogP contribution >= 0.6 is 23.2 Å². The molecule has 1 N–H and O–H groups in total. The molecule has 104 valence electrons. The Morgan fingerprint density at radius 3 is 2.55 bits per heavy atom. The minimum Gasteiger partial charge on any atom is -0.481 e. The standard InChI is InChI=1S/C15H13Cl2NO2/c1-10(20-12-5-3-2-4-6-12)15(19)18-14-9-11(16)7-8-13(14)17/h2-10H,1H3,(H,18,19)/t10-/m0/s1. The number of halogens is 2. The van der Waals surface area contributed by atoms with Crippen molar-refractivity contribution in [2.75, 3.05) is 5.32 Å². The van der Waals surface area contributed by atoms with E-state index >= 15 is 0 Å². The van der Waals surface area contributed by atoms with Crippen LogP contribution in [-0.4, -0.2) is 12.0 Å². The molecule has 0 bridgehead atoms. The van der Waals surface area contributed by atoms with E-state index in [-0.39, 0.29) is 5.91 Å². The molecule has 0 aliphatic carbocycles. The van der Waals surface area contributed by atoms with Crippen molar-refractivity contribution in [3.63, 3.8) is 0 Å². The van der Waals surface area contributed by atoms with Crippen LogP contribution in [-0.2, 0) is 4.79 Å². The molecule has 3 nitrogen and oxygen atoms in total. The van der Waals surface area contributed by atoms with E-state index in [0.717, 1.165) is 0 Å². The van der Waals surface area contributed by atoms with Crippen molar-refractivity contribution >= 4 is 34.8 Å². The van der Waals surface area contributed by atoms with Gasteiger partial charge in [-0.2, -0.15) is 0 Å². The molecule has 0 aliphatic rings. The van der Waals surface area contributed by atoms with Crippen LogP contribution < -0.4 is 10.1 Å². The summed E-state index contributed by atoms with van der Waals surface area (Å²) in [6.45, 7) is 1.67. The maximum absolute atomic E-state index is 12.0. The van der Waals surface area contributed by atoms with Gasteiger partial charge in [-0.1, -0.05) is 41.4 Å². The summed E-state index contributed by atoms with van der Waals surface area (Å²) in [5.74, 6) is 0.338. The van der Waals surface area contributed by atoms with Gasteiger partial charge in [-0.15, -0.1) is 0 Å². The number of carbonyl (C=O) groups excluding carboxylic acids is 1. The molecule has 0 spiro atoms. The van der Waals surface area contributed by atoms with Crippen LogP contribution in [0.1, 0.15) is 6.92 Å². The summed E-state index contributed by atoms with van der Waals surface area (Å²) in [7, 11) is 0. The lowest BCUT2D eigenvalue weighted by Crippen LogP contribution is -2.30. The largest absolute Gasteiger partial charge is 0.481 e. The monoisotopic (exact) mass is 309 g/mol. The average molecular weight is 310 g/mol. The van der Waals surface area contributed by atoms with E-state index < -0.39 is 6.10 Å². The predicted molar refractivity (Wildman–Crippen MR) is 81.6 cm³/mol. The molecule has 2 rings (SSSR count). The average Bonchev–Trinajstić information content (AvgIpc) is 2.44. The van der Waals surface area contributed by atoms with E-state index in [4.69, 9.17) is 27.9 Å². The Kier molecular flexibility index (Phi) is 4.88. The van der Waals surface area contributed by atoms with E-state index in [1.165, 1.54) is 0 Å². The van der Waals surface area contributed by atoms with Crippen LogP contribution in [0.3, 0.4) is 0 Å². The smallest absolute Gasteiger partial charge is 0.265 e. The van der Waals surface area contributed by atoms with E-state index in [2.05, 4.69) is 5.32 Å². The summed E-state index contributed by atoms with van der Waals surface area (Å²) in [4.78, 5) is 12.0. The Balaban J connectivity index is 2.02. The van der Waals surface area contributed by atoms with Crippen molar-refractivity contribution in [1.29, 1.82) is 0 Å². The molecular weight excluding hydrogens is 297 g/mol. The fourth-order valence-corrected chi connectivity index (χ4v) is 1.92. The molecule has 20 heavy (non-hydrogen) atoms. The van der Waals surface area contributed by atoms with Gasteiger partial charge < -0.3 is 10.1 Å². The highest BCUT2D eigenvalue weighted by molar-refractivity contribution is 6.35. The number of para-hydroxylation sites is 1. The fraction of sp³-hybridized carbons (Fsp3) is 0.133. The van der Waals surface area contributed by atoms with Crippen molar-refractivity contribution in [2.45, 2.75) is 13.0 Å². The molecule has 0 unspecified atom stereocenters. The summed E-state index contributed by atoms with van der Waals surface area (Å²) < 4.78 is 5.53. The number of benzene rings is 2. The minimum absolute atomic E-state index is 0.294. The van der Waals surface area contributed by atoms with Crippen LogP contribution in [0.15, 0.2) is 48.5 Å². The van der Waals surface area contributed by atoms with Crippen molar-refractivity contribution in [2.24, 2.45) is 0 Å². The highest BCUT2D eigenvalue weighted by Gasteiger charge is 2.16. The third-order valence-corrected chi connectivity index (χ3v) is 3.18. The molecule has 0 radical (unpaired) electrons. The minimum atomic E-state index is -0.646. The zero-order valence-electron chi connectivity index (χ0n) is 10.8. The summed E-state index contributed by atoms with van der Waals surface area (Å²) >= 11 is 11.9. The third kappa shape index (κ3) is 3.89. The summed E-state index contributed by atoms with van der Waals surface area (Å²) in [5, 5.41) is 3.62. The Labute approximate surface area is 127 Å². The molecule has 0 saturated heterocycles. The van der Waals surface area contributed by atoms with E-state index in [1.807, 2.05) is 18.2 Å². The first kappa shape index (κ1) is 14.7. The lowest BCUT2D eigenvalue weighted by atomic mass is 10.3. The number of rotatable bonds is 4. The molecular formula is C15H13Cl2NO2. The molecule has 2 aromatic carbocycles. The van der Waals surface area contributed by atoms with Crippen LogP contribution in [0.5, 0.6) is 5.75 Å². The second-order valence-electron chi connectivity index (χ2n) is 4.19. The molecule has 5 heteroatoms. The van der Waals surface area contributed by atoms with E-state index in [9.17, 15) is 4.79 Å². The first-order chi connectivity index (χ1) is 9.56.